The minimum atomic E-state index is 0.655. The van der Waals surface area contributed by atoms with Crippen LogP contribution in [0.4, 0.5) is 5.69 Å². The zero-order valence-electron chi connectivity index (χ0n) is 10.5. The Morgan fingerprint density at radius 1 is 1.00 bits per heavy atom. The Hall–Kier alpha value is -2.69. The van der Waals surface area contributed by atoms with Crippen molar-refractivity contribution >= 4 is 5.69 Å². The number of hydrogen-bond donors (Lipinski definition) is 1. The van der Waals surface area contributed by atoms with Gasteiger partial charge in [0, 0.05) is 17.4 Å². The molecule has 0 bridgehead atoms. The topological polar surface area (TPSA) is 69.6 Å². The highest BCUT2D eigenvalue weighted by Crippen LogP contribution is 2.16. The van der Waals surface area contributed by atoms with E-state index in [4.69, 9.17) is 5.73 Å². The molecule has 0 atom stereocenters. The fourth-order valence-electron chi connectivity index (χ4n) is 1.73. The number of nitrogen functional groups attached to an aromatic ring is 1. The van der Waals surface area contributed by atoms with Gasteiger partial charge >= 0.3 is 0 Å². The van der Waals surface area contributed by atoms with Gasteiger partial charge in [-0.15, -0.1) is 5.10 Å². The lowest BCUT2D eigenvalue weighted by molar-refractivity contribution is 0.846. The Bertz CT molecular complexity index is 623. The highest BCUT2D eigenvalue weighted by atomic mass is 15.4. The molecule has 3 aromatic rings. The average molecular weight is 251 g/mol. The summed E-state index contributed by atoms with van der Waals surface area (Å²) in [6.45, 7) is 2.00. The molecule has 19 heavy (non-hydrogen) atoms. The van der Waals surface area contributed by atoms with E-state index in [1.54, 1.807) is 17.2 Å². The number of anilines is 1. The second-order valence-corrected chi connectivity index (χ2v) is 4.33. The molecule has 0 aliphatic heterocycles. The van der Waals surface area contributed by atoms with Gasteiger partial charge in [-0.05, 0) is 42.8 Å². The normalized spacial score (nSPS) is 10.6. The first-order chi connectivity index (χ1) is 9.22. The van der Waals surface area contributed by atoms with Gasteiger partial charge in [-0.3, -0.25) is 0 Å². The van der Waals surface area contributed by atoms with Crippen LogP contribution in [0.5, 0.6) is 0 Å². The molecule has 0 fully saturated rings. The molecule has 94 valence electrons. The lowest BCUT2D eigenvalue weighted by atomic mass is 10.2. The second kappa shape index (κ2) is 4.53. The van der Waals surface area contributed by atoms with E-state index in [2.05, 4.69) is 15.1 Å². The Balaban J connectivity index is 1.95. The third-order valence-corrected chi connectivity index (χ3v) is 2.79. The van der Waals surface area contributed by atoms with Gasteiger partial charge in [0.2, 0.25) is 0 Å². The molecule has 0 saturated carbocycles. The first kappa shape index (κ1) is 11.4. The van der Waals surface area contributed by atoms with Crippen molar-refractivity contribution in [3.05, 3.63) is 54.5 Å². The fraction of sp³-hybridized carbons (Fsp3) is 0.0714. The van der Waals surface area contributed by atoms with Gasteiger partial charge in [0.1, 0.15) is 6.33 Å². The number of hydrogen-bond acceptors (Lipinski definition) is 4. The Kier molecular flexibility index (Phi) is 2.72. The molecule has 0 aliphatic carbocycles. The van der Waals surface area contributed by atoms with Crippen LogP contribution in [0, 0.1) is 6.92 Å². The number of pyridine rings is 1. The maximum Gasteiger partial charge on any atom is 0.181 e. The third-order valence-electron chi connectivity index (χ3n) is 2.79. The molecule has 0 radical (unpaired) electrons. The second-order valence-electron chi connectivity index (χ2n) is 4.33. The van der Waals surface area contributed by atoms with Crippen molar-refractivity contribution in [1.82, 2.24) is 19.7 Å². The van der Waals surface area contributed by atoms with Crippen LogP contribution in [0.15, 0.2) is 48.9 Å². The first-order valence-electron chi connectivity index (χ1n) is 5.93. The zero-order valence-corrected chi connectivity index (χ0v) is 10.5. The average Bonchev–Trinajstić information content (AvgIpc) is 2.90. The predicted octanol–water partition coefficient (Wildman–Crippen LogP) is 2.22. The summed E-state index contributed by atoms with van der Waals surface area (Å²) in [5, 5.41) is 4.41. The van der Waals surface area contributed by atoms with Gasteiger partial charge in [0.05, 0.1) is 0 Å². The van der Waals surface area contributed by atoms with Crippen LogP contribution >= 0.6 is 0 Å². The lowest BCUT2D eigenvalue weighted by Crippen LogP contribution is -1.98. The van der Waals surface area contributed by atoms with Gasteiger partial charge in [0.25, 0.3) is 0 Å². The van der Waals surface area contributed by atoms with Gasteiger partial charge < -0.3 is 5.73 Å². The highest BCUT2D eigenvalue weighted by Gasteiger charge is 2.05. The molecule has 0 aliphatic rings. The Morgan fingerprint density at radius 3 is 2.47 bits per heavy atom. The van der Waals surface area contributed by atoms with Crippen LogP contribution in [0.3, 0.4) is 0 Å². The minimum absolute atomic E-state index is 0.655. The van der Waals surface area contributed by atoms with Crippen molar-refractivity contribution in [1.29, 1.82) is 0 Å². The molecule has 0 spiro atoms. The molecular weight excluding hydrogens is 238 g/mol. The molecule has 3 rings (SSSR count). The Labute approximate surface area is 110 Å². The van der Waals surface area contributed by atoms with Crippen molar-refractivity contribution in [3.63, 3.8) is 0 Å². The van der Waals surface area contributed by atoms with Gasteiger partial charge in [-0.25, -0.2) is 14.6 Å². The number of nitrogens with two attached hydrogens (primary N) is 1. The summed E-state index contributed by atoms with van der Waals surface area (Å²) in [7, 11) is 0. The molecule has 5 heteroatoms. The van der Waals surface area contributed by atoms with E-state index >= 15 is 0 Å². The maximum atomic E-state index is 5.66. The van der Waals surface area contributed by atoms with Crippen molar-refractivity contribution in [2.75, 3.05) is 5.73 Å². The molecule has 0 amide bonds. The van der Waals surface area contributed by atoms with Crippen LogP contribution < -0.4 is 5.73 Å². The van der Waals surface area contributed by atoms with E-state index in [0.717, 1.165) is 22.6 Å². The van der Waals surface area contributed by atoms with Crippen LogP contribution in [0.25, 0.3) is 17.2 Å². The van der Waals surface area contributed by atoms with E-state index in [9.17, 15) is 0 Å². The molecule has 0 saturated heterocycles. The van der Waals surface area contributed by atoms with Crippen molar-refractivity contribution in [2.45, 2.75) is 6.92 Å². The standard InChI is InChI=1S/C14H13N5/c1-10-2-7-13(16-8-10)19-9-17-14(18-19)11-3-5-12(15)6-4-11/h2-9H,15H2,1H3. The first-order valence-corrected chi connectivity index (χ1v) is 5.93. The largest absolute Gasteiger partial charge is 0.399 e. The molecular formula is C14H13N5. The molecule has 1 aromatic carbocycles. The van der Waals surface area contributed by atoms with Crippen LogP contribution in [0.2, 0.25) is 0 Å². The number of aromatic nitrogens is 4. The maximum absolute atomic E-state index is 5.66. The fourth-order valence-corrected chi connectivity index (χ4v) is 1.73. The van der Waals surface area contributed by atoms with Gasteiger partial charge in [0.15, 0.2) is 11.6 Å². The molecule has 2 heterocycles. The van der Waals surface area contributed by atoms with Crippen LogP contribution in [-0.4, -0.2) is 19.7 Å². The van der Waals surface area contributed by atoms with E-state index < -0.39 is 0 Å². The van der Waals surface area contributed by atoms with Crippen LogP contribution in [-0.2, 0) is 0 Å². The minimum Gasteiger partial charge on any atom is -0.399 e. The SMILES string of the molecule is Cc1ccc(-n2cnc(-c3ccc(N)cc3)n2)nc1. The number of rotatable bonds is 2. The molecule has 5 nitrogen and oxygen atoms in total. The van der Waals surface area contributed by atoms with Crippen molar-refractivity contribution in [3.8, 4) is 17.2 Å². The van der Waals surface area contributed by atoms with Crippen molar-refractivity contribution < 1.29 is 0 Å². The van der Waals surface area contributed by atoms with Gasteiger partial charge in [-0.2, -0.15) is 0 Å². The van der Waals surface area contributed by atoms with Crippen molar-refractivity contribution in [2.24, 2.45) is 0 Å². The molecule has 2 N–H and O–H groups in total. The predicted molar refractivity (Wildman–Crippen MR) is 73.7 cm³/mol. The molecule has 0 unspecified atom stereocenters. The molecule has 2 aromatic heterocycles. The summed E-state index contributed by atoms with van der Waals surface area (Å²) in [6.07, 6.45) is 3.46. The van der Waals surface area contributed by atoms with E-state index in [1.807, 2.05) is 43.3 Å². The van der Waals surface area contributed by atoms with E-state index in [-0.39, 0.29) is 0 Å². The summed E-state index contributed by atoms with van der Waals surface area (Å²) >= 11 is 0. The number of nitrogens with zero attached hydrogens (tertiary/aromatic N) is 4. The van der Waals surface area contributed by atoms with Crippen LogP contribution in [0.1, 0.15) is 5.56 Å². The number of benzene rings is 1. The monoisotopic (exact) mass is 251 g/mol. The van der Waals surface area contributed by atoms with E-state index in [1.165, 1.54) is 0 Å². The smallest absolute Gasteiger partial charge is 0.181 e. The number of aryl methyl sites for hydroxylation is 1. The lowest BCUT2D eigenvalue weighted by Gasteiger charge is -1.99. The zero-order chi connectivity index (χ0) is 13.2. The summed E-state index contributed by atoms with van der Waals surface area (Å²) in [4.78, 5) is 8.60. The summed E-state index contributed by atoms with van der Waals surface area (Å²) in [6, 6.07) is 11.4. The van der Waals surface area contributed by atoms with E-state index in [0.29, 0.717) is 5.82 Å². The third kappa shape index (κ3) is 2.30. The summed E-state index contributed by atoms with van der Waals surface area (Å²) in [5.41, 5.74) is 8.43. The quantitative estimate of drug-likeness (QED) is 0.709. The highest BCUT2D eigenvalue weighted by molar-refractivity contribution is 5.58. The summed E-state index contributed by atoms with van der Waals surface area (Å²) < 4.78 is 1.66. The van der Waals surface area contributed by atoms with Gasteiger partial charge in [-0.1, -0.05) is 6.07 Å². The summed E-state index contributed by atoms with van der Waals surface area (Å²) in [5.74, 6) is 1.40. The Morgan fingerprint density at radius 2 is 1.79 bits per heavy atom.